The summed E-state index contributed by atoms with van der Waals surface area (Å²) in [5.74, 6) is 0.569. The van der Waals surface area contributed by atoms with Gasteiger partial charge in [-0.3, -0.25) is 19.7 Å². The van der Waals surface area contributed by atoms with Crippen molar-refractivity contribution in [2.24, 2.45) is 5.92 Å². The third-order valence-corrected chi connectivity index (χ3v) is 4.89. The quantitative estimate of drug-likeness (QED) is 0.517. The van der Waals surface area contributed by atoms with Crippen molar-refractivity contribution in [2.45, 2.75) is 38.3 Å². The lowest BCUT2D eigenvalue weighted by atomic mass is 10.1. The lowest BCUT2D eigenvalue weighted by molar-refractivity contribution is -0.384. The van der Waals surface area contributed by atoms with Gasteiger partial charge in [0.2, 0.25) is 5.91 Å². The van der Waals surface area contributed by atoms with Crippen LogP contribution in [-0.2, 0) is 4.79 Å². The van der Waals surface area contributed by atoms with Crippen LogP contribution in [0.2, 0.25) is 0 Å². The van der Waals surface area contributed by atoms with Crippen LogP contribution in [0.25, 0.3) is 0 Å². The molecule has 2 N–H and O–H groups in total. The van der Waals surface area contributed by atoms with Gasteiger partial charge in [0.25, 0.3) is 11.6 Å². The van der Waals surface area contributed by atoms with E-state index < -0.39 is 16.9 Å². The molecule has 1 saturated carbocycles. The van der Waals surface area contributed by atoms with E-state index in [0.29, 0.717) is 12.3 Å². The maximum atomic E-state index is 12.5. The Balaban J connectivity index is 2.04. The van der Waals surface area contributed by atoms with E-state index in [1.165, 1.54) is 24.3 Å². The number of hydrogen-bond donors (Lipinski definition) is 2. The highest BCUT2D eigenvalue weighted by Crippen LogP contribution is 2.32. The maximum Gasteiger partial charge on any atom is 0.270 e. The molecule has 2 unspecified atom stereocenters. The number of carbonyl (C=O) groups excluding carboxylic acids is 2. The average molecular weight is 365 g/mol. The molecule has 136 valence electrons. The molecule has 2 atom stereocenters. The number of nitro groups is 1. The predicted molar refractivity (Wildman–Crippen MR) is 97.7 cm³/mol. The SMILES string of the molecule is CSCCC(NC(=O)c1cccc([N+](=O)[O-])c1)C(=O)NC(C)C1CC1. The molecule has 7 nitrogen and oxygen atoms in total. The van der Waals surface area contributed by atoms with Gasteiger partial charge >= 0.3 is 0 Å². The maximum absolute atomic E-state index is 12.5. The first-order chi connectivity index (χ1) is 11.9. The zero-order valence-corrected chi connectivity index (χ0v) is 15.2. The molecular formula is C17H23N3O4S. The van der Waals surface area contributed by atoms with Gasteiger partial charge < -0.3 is 10.6 Å². The van der Waals surface area contributed by atoms with Crippen LogP contribution in [-0.4, -0.2) is 40.8 Å². The highest BCUT2D eigenvalue weighted by Gasteiger charge is 2.31. The van der Waals surface area contributed by atoms with Crippen molar-refractivity contribution in [3.63, 3.8) is 0 Å². The summed E-state index contributed by atoms with van der Waals surface area (Å²) in [4.78, 5) is 35.2. The first kappa shape index (κ1) is 19.2. The summed E-state index contributed by atoms with van der Waals surface area (Å²) in [5.41, 5.74) is 0.0199. The Kier molecular flexibility index (Phi) is 6.81. The summed E-state index contributed by atoms with van der Waals surface area (Å²) in [5, 5.41) is 16.5. The Morgan fingerprint density at radius 3 is 2.68 bits per heavy atom. The van der Waals surface area contributed by atoms with Gasteiger partial charge in [0.15, 0.2) is 0 Å². The molecule has 0 spiro atoms. The van der Waals surface area contributed by atoms with Gasteiger partial charge in [-0.05, 0) is 50.2 Å². The molecule has 0 heterocycles. The highest BCUT2D eigenvalue weighted by atomic mass is 32.2. The topological polar surface area (TPSA) is 101 Å². The summed E-state index contributed by atoms with van der Waals surface area (Å²) < 4.78 is 0. The number of rotatable bonds is 9. The van der Waals surface area contributed by atoms with Crippen LogP contribution in [0.5, 0.6) is 0 Å². The number of carbonyl (C=O) groups is 2. The monoisotopic (exact) mass is 365 g/mol. The van der Waals surface area contributed by atoms with Crippen LogP contribution in [0.3, 0.4) is 0 Å². The summed E-state index contributed by atoms with van der Waals surface area (Å²) in [6.07, 6.45) is 4.68. The van der Waals surface area contributed by atoms with Crippen molar-refractivity contribution in [1.29, 1.82) is 0 Å². The second-order valence-corrected chi connectivity index (χ2v) is 7.24. The van der Waals surface area contributed by atoms with Gasteiger partial charge in [0, 0.05) is 23.7 Å². The van der Waals surface area contributed by atoms with E-state index in [1.54, 1.807) is 11.8 Å². The number of benzene rings is 1. The molecule has 0 saturated heterocycles. The first-order valence-corrected chi connectivity index (χ1v) is 9.66. The molecule has 2 amide bonds. The number of non-ortho nitro benzene ring substituents is 1. The van der Waals surface area contributed by atoms with Crippen molar-refractivity contribution in [3.05, 3.63) is 39.9 Å². The van der Waals surface area contributed by atoms with Gasteiger partial charge in [-0.25, -0.2) is 0 Å². The summed E-state index contributed by atoms with van der Waals surface area (Å²) in [7, 11) is 0. The van der Waals surface area contributed by atoms with Gasteiger partial charge in [-0.2, -0.15) is 11.8 Å². The Morgan fingerprint density at radius 1 is 1.36 bits per heavy atom. The molecule has 8 heteroatoms. The summed E-state index contributed by atoms with van der Waals surface area (Å²) in [6, 6.07) is 4.94. The largest absolute Gasteiger partial charge is 0.352 e. The average Bonchev–Trinajstić information content (AvgIpc) is 3.43. The fourth-order valence-electron chi connectivity index (χ4n) is 2.55. The van der Waals surface area contributed by atoms with Crippen LogP contribution < -0.4 is 10.6 Å². The van der Waals surface area contributed by atoms with Crippen molar-refractivity contribution in [3.8, 4) is 0 Å². The molecule has 0 radical (unpaired) electrons. The second kappa shape index (κ2) is 8.84. The van der Waals surface area contributed by atoms with Crippen LogP contribution in [0.4, 0.5) is 5.69 Å². The molecule has 1 aromatic rings. The molecule has 2 rings (SSSR count). The molecule has 1 aromatic carbocycles. The number of hydrogen-bond acceptors (Lipinski definition) is 5. The molecule has 0 bridgehead atoms. The van der Waals surface area contributed by atoms with Crippen LogP contribution in [0, 0.1) is 16.0 Å². The lowest BCUT2D eigenvalue weighted by Gasteiger charge is -2.21. The lowest BCUT2D eigenvalue weighted by Crippen LogP contribution is -2.49. The fourth-order valence-corrected chi connectivity index (χ4v) is 3.02. The van der Waals surface area contributed by atoms with Gasteiger partial charge in [0.1, 0.15) is 6.04 Å². The number of nitro benzene ring substituents is 1. The van der Waals surface area contributed by atoms with E-state index >= 15 is 0 Å². The van der Waals surface area contributed by atoms with E-state index in [1.807, 2.05) is 13.2 Å². The minimum Gasteiger partial charge on any atom is -0.352 e. The minimum atomic E-state index is -0.652. The van der Waals surface area contributed by atoms with Crippen LogP contribution >= 0.6 is 11.8 Å². The third-order valence-electron chi connectivity index (χ3n) is 4.25. The van der Waals surface area contributed by atoms with Gasteiger partial charge in [-0.15, -0.1) is 0 Å². The summed E-state index contributed by atoms with van der Waals surface area (Å²) >= 11 is 1.59. The third kappa shape index (κ3) is 5.74. The van der Waals surface area contributed by atoms with Crippen molar-refractivity contribution in [1.82, 2.24) is 10.6 Å². The van der Waals surface area contributed by atoms with E-state index in [-0.39, 0.29) is 23.2 Å². The minimum absolute atomic E-state index is 0.0963. The highest BCUT2D eigenvalue weighted by molar-refractivity contribution is 7.98. The Labute approximate surface area is 151 Å². The predicted octanol–water partition coefficient (Wildman–Crippen LogP) is 2.36. The van der Waals surface area contributed by atoms with E-state index in [4.69, 9.17) is 0 Å². The molecule has 1 aliphatic rings. The smallest absolute Gasteiger partial charge is 0.270 e. The van der Waals surface area contributed by atoms with Gasteiger partial charge in [-0.1, -0.05) is 6.07 Å². The molecule has 1 fully saturated rings. The number of nitrogens with one attached hydrogen (secondary N) is 2. The van der Waals surface area contributed by atoms with E-state index in [9.17, 15) is 19.7 Å². The van der Waals surface area contributed by atoms with Gasteiger partial charge in [0.05, 0.1) is 4.92 Å². The van der Waals surface area contributed by atoms with Crippen LogP contribution in [0.15, 0.2) is 24.3 Å². The Bertz CT molecular complexity index is 649. The fraction of sp³-hybridized carbons (Fsp3) is 0.529. The Morgan fingerprint density at radius 2 is 2.08 bits per heavy atom. The van der Waals surface area contributed by atoms with Crippen molar-refractivity contribution in [2.75, 3.05) is 12.0 Å². The summed E-state index contributed by atoms with van der Waals surface area (Å²) in [6.45, 7) is 1.98. The number of amides is 2. The van der Waals surface area contributed by atoms with E-state index in [0.717, 1.165) is 18.6 Å². The zero-order chi connectivity index (χ0) is 18.4. The molecule has 0 aromatic heterocycles. The van der Waals surface area contributed by atoms with E-state index in [2.05, 4.69) is 10.6 Å². The zero-order valence-electron chi connectivity index (χ0n) is 14.4. The molecular weight excluding hydrogens is 342 g/mol. The molecule has 0 aliphatic heterocycles. The normalized spacial score (nSPS) is 15.9. The molecule has 25 heavy (non-hydrogen) atoms. The van der Waals surface area contributed by atoms with Crippen molar-refractivity contribution < 1.29 is 14.5 Å². The van der Waals surface area contributed by atoms with Crippen molar-refractivity contribution >= 4 is 29.3 Å². The number of thioether (sulfide) groups is 1. The van der Waals surface area contributed by atoms with Crippen LogP contribution in [0.1, 0.15) is 36.5 Å². The first-order valence-electron chi connectivity index (χ1n) is 8.27. The molecule has 1 aliphatic carbocycles. The second-order valence-electron chi connectivity index (χ2n) is 6.25. The Hall–Kier alpha value is -2.09. The standard InChI is InChI=1S/C17H23N3O4S/c1-11(12-6-7-12)18-17(22)15(8-9-25-2)19-16(21)13-4-3-5-14(10-13)20(23)24/h3-5,10-12,15H,6-9H2,1-2H3,(H,18,22)(H,19,21). The number of nitrogens with zero attached hydrogens (tertiary/aromatic N) is 1.